The van der Waals surface area contributed by atoms with Gasteiger partial charge in [0.05, 0.1) is 0 Å². The average Bonchev–Trinajstić information content (AvgIpc) is 2.25. The zero-order chi connectivity index (χ0) is 13.8. The van der Waals surface area contributed by atoms with Crippen LogP contribution >= 0.6 is 35.0 Å². The highest BCUT2D eigenvalue weighted by Gasteiger charge is 2.16. The quantitative estimate of drug-likeness (QED) is 0.640. The molecule has 0 aliphatic carbocycles. The molecule has 18 heavy (non-hydrogen) atoms. The van der Waals surface area contributed by atoms with Crippen molar-refractivity contribution in [2.75, 3.05) is 5.75 Å². The molecule has 1 aromatic rings. The lowest BCUT2D eigenvalue weighted by Crippen LogP contribution is -2.39. The van der Waals surface area contributed by atoms with E-state index in [0.29, 0.717) is 10.0 Å². The SMILES string of the molecule is CC(C)(C)SCC(Cc1ccc(Cl)cc1Cl)NN. The van der Waals surface area contributed by atoms with Gasteiger partial charge in [-0.15, -0.1) is 0 Å². The van der Waals surface area contributed by atoms with E-state index in [1.54, 1.807) is 6.07 Å². The first kappa shape index (κ1) is 16.1. The zero-order valence-corrected chi connectivity index (χ0v) is 13.3. The van der Waals surface area contributed by atoms with Crippen LogP contribution in [0.15, 0.2) is 18.2 Å². The number of hydrogen-bond acceptors (Lipinski definition) is 3. The summed E-state index contributed by atoms with van der Waals surface area (Å²) in [5, 5.41) is 1.36. The molecule has 1 atom stereocenters. The third kappa shape index (κ3) is 5.81. The highest BCUT2D eigenvalue weighted by atomic mass is 35.5. The van der Waals surface area contributed by atoms with Gasteiger partial charge in [0.15, 0.2) is 0 Å². The van der Waals surface area contributed by atoms with E-state index >= 15 is 0 Å². The molecule has 0 amide bonds. The molecular formula is C13H20Cl2N2S. The Labute approximate surface area is 124 Å². The third-order valence-electron chi connectivity index (χ3n) is 2.43. The molecule has 0 heterocycles. The topological polar surface area (TPSA) is 38.0 Å². The van der Waals surface area contributed by atoms with Gasteiger partial charge in [0.25, 0.3) is 0 Å². The van der Waals surface area contributed by atoms with Crippen molar-refractivity contribution < 1.29 is 0 Å². The fraction of sp³-hybridized carbons (Fsp3) is 0.538. The predicted molar refractivity (Wildman–Crippen MR) is 83.5 cm³/mol. The number of hydrazine groups is 1. The molecule has 1 aromatic carbocycles. The van der Waals surface area contributed by atoms with Crippen LogP contribution in [0.5, 0.6) is 0 Å². The van der Waals surface area contributed by atoms with E-state index in [9.17, 15) is 0 Å². The minimum absolute atomic E-state index is 0.202. The molecule has 0 saturated carbocycles. The predicted octanol–water partition coefficient (Wildman–Crippen LogP) is 3.90. The van der Waals surface area contributed by atoms with E-state index in [2.05, 4.69) is 26.2 Å². The lowest BCUT2D eigenvalue weighted by atomic mass is 10.1. The zero-order valence-electron chi connectivity index (χ0n) is 11.0. The van der Waals surface area contributed by atoms with Crippen molar-refractivity contribution in [3.63, 3.8) is 0 Å². The van der Waals surface area contributed by atoms with Crippen molar-refractivity contribution in [1.82, 2.24) is 5.43 Å². The minimum atomic E-state index is 0.202. The third-order valence-corrected chi connectivity index (χ3v) is 4.46. The van der Waals surface area contributed by atoms with E-state index in [4.69, 9.17) is 29.0 Å². The number of benzene rings is 1. The Bertz CT molecular complexity index is 391. The second kappa shape index (κ2) is 7.01. The number of thioether (sulfide) groups is 1. The normalized spacial score (nSPS) is 13.7. The summed E-state index contributed by atoms with van der Waals surface area (Å²) >= 11 is 13.9. The molecular weight excluding hydrogens is 287 g/mol. The smallest absolute Gasteiger partial charge is 0.0453 e. The Hall–Kier alpha value is 0.0700. The Morgan fingerprint density at radius 1 is 1.33 bits per heavy atom. The molecule has 0 aromatic heterocycles. The summed E-state index contributed by atoms with van der Waals surface area (Å²) in [4.78, 5) is 0. The van der Waals surface area contributed by atoms with Gasteiger partial charge in [-0.05, 0) is 24.1 Å². The van der Waals surface area contributed by atoms with Gasteiger partial charge in [0.1, 0.15) is 0 Å². The first-order chi connectivity index (χ1) is 8.31. The number of nitrogens with two attached hydrogens (primary N) is 1. The van der Waals surface area contributed by atoms with E-state index in [-0.39, 0.29) is 10.8 Å². The Kier molecular flexibility index (Phi) is 6.28. The van der Waals surface area contributed by atoms with Crippen molar-refractivity contribution in [2.45, 2.75) is 38.0 Å². The molecule has 0 radical (unpaired) electrons. The summed E-state index contributed by atoms with van der Waals surface area (Å²) in [6.45, 7) is 6.58. The second-order valence-electron chi connectivity index (χ2n) is 5.23. The van der Waals surface area contributed by atoms with Gasteiger partial charge in [-0.25, -0.2) is 0 Å². The van der Waals surface area contributed by atoms with Gasteiger partial charge in [0, 0.05) is 26.6 Å². The number of rotatable bonds is 5. The maximum absolute atomic E-state index is 6.16. The number of hydrogen-bond donors (Lipinski definition) is 2. The van der Waals surface area contributed by atoms with E-state index in [1.807, 2.05) is 23.9 Å². The van der Waals surface area contributed by atoms with Crippen LogP contribution in [0.4, 0.5) is 0 Å². The van der Waals surface area contributed by atoms with Gasteiger partial charge in [-0.2, -0.15) is 11.8 Å². The lowest BCUT2D eigenvalue weighted by Gasteiger charge is -2.22. The first-order valence-electron chi connectivity index (χ1n) is 5.86. The fourth-order valence-corrected chi connectivity index (χ4v) is 2.87. The minimum Gasteiger partial charge on any atom is -0.271 e. The van der Waals surface area contributed by atoms with Crippen LogP contribution in [0, 0.1) is 0 Å². The molecule has 2 nitrogen and oxygen atoms in total. The molecule has 0 bridgehead atoms. The van der Waals surface area contributed by atoms with E-state index in [1.165, 1.54) is 0 Å². The highest BCUT2D eigenvalue weighted by Crippen LogP contribution is 2.26. The molecule has 1 unspecified atom stereocenters. The first-order valence-corrected chi connectivity index (χ1v) is 7.60. The Morgan fingerprint density at radius 2 is 2.00 bits per heavy atom. The number of nitrogens with one attached hydrogen (secondary N) is 1. The molecule has 0 aliphatic heterocycles. The van der Waals surface area contributed by atoms with Crippen LogP contribution in [0.2, 0.25) is 10.0 Å². The van der Waals surface area contributed by atoms with Gasteiger partial charge in [-0.3, -0.25) is 11.3 Å². The Balaban J connectivity index is 2.62. The summed E-state index contributed by atoms with van der Waals surface area (Å²) in [5.74, 6) is 6.54. The molecule has 0 spiro atoms. The summed E-state index contributed by atoms with van der Waals surface area (Å²) in [6.07, 6.45) is 0.801. The molecule has 1 rings (SSSR count). The van der Waals surface area contributed by atoms with Crippen LogP contribution in [-0.2, 0) is 6.42 Å². The van der Waals surface area contributed by atoms with Crippen molar-refractivity contribution >= 4 is 35.0 Å². The van der Waals surface area contributed by atoms with Gasteiger partial charge < -0.3 is 0 Å². The standard InChI is InChI=1S/C13H20Cl2N2S/c1-13(2,3)18-8-11(17-16)6-9-4-5-10(14)7-12(9)15/h4-5,7,11,17H,6,8,16H2,1-3H3. The second-order valence-corrected chi connectivity index (χ2v) is 7.92. The van der Waals surface area contributed by atoms with Gasteiger partial charge in [0.2, 0.25) is 0 Å². The van der Waals surface area contributed by atoms with Crippen LogP contribution < -0.4 is 11.3 Å². The average molecular weight is 307 g/mol. The van der Waals surface area contributed by atoms with E-state index < -0.39 is 0 Å². The molecule has 0 saturated heterocycles. The van der Waals surface area contributed by atoms with Crippen molar-refractivity contribution in [3.05, 3.63) is 33.8 Å². The molecule has 0 aliphatic rings. The summed E-state index contributed by atoms with van der Waals surface area (Å²) < 4.78 is 0.235. The van der Waals surface area contributed by atoms with Crippen molar-refractivity contribution in [2.24, 2.45) is 5.84 Å². The van der Waals surface area contributed by atoms with Crippen molar-refractivity contribution in [3.8, 4) is 0 Å². The summed E-state index contributed by atoms with van der Waals surface area (Å²) in [7, 11) is 0. The summed E-state index contributed by atoms with van der Waals surface area (Å²) in [5.41, 5.74) is 3.92. The molecule has 0 fully saturated rings. The maximum Gasteiger partial charge on any atom is 0.0453 e. The van der Waals surface area contributed by atoms with Gasteiger partial charge in [-0.1, -0.05) is 50.0 Å². The van der Waals surface area contributed by atoms with Crippen molar-refractivity contribution in [1.29, 1.82) is 0 Å². The van der Waals surface area contributed by atoms with Crippen LogP contribution in [0.25, 0.3) is 0 Å². The fourth-order valence-electron chi connectivity index (χ4n) is 1.47. The molecule has 5 heteroatoms. The highest BCUT2D eigenvalue weighted by molar-refractivity contribution is 8.00. The largest absolute Gasteiger partial charge is 0.271 e. The summed E-state index contributed by atoms with van der Waals surface area (Å²) in [6, 6.07) is 5.78. The van der Waals surface area contributed by atoms with Crippen LogP contribution in [0.3, 0.4) is 0 Å². The Morgan fingerprint density at radius 3 is 2.50 bits per heavy atom. The monoisotopic (exact) mass is 306 g/mol. The number of halogens is 2. The molecule has 3 N–H and O–H groups in total. The van der Waals surface area contributed by atoms with Crippen LogP contribution in [0.1, 0.15) is 26.3 Å². The van der Waals surface area contributed by atoms with Crippen LogP contribution in [-0.4, -0.2) is 16.5 Å². The molecule has 102 valence electrons. The maximum atomic E-state index is 6.16. The van der Waals surface area contributed by atoms with E-state index in [0.717, 1.165) is 17.7 Å². The van der Waals surface area contributed by atoms with Gasteiger partial charge >= 0.3 is 0 Å². The lowest BCUT2D eigenvalue weighted by molar-refractivity contribution is 0.573.